The van der Waals surface area contributed by atoms with Crippen molar-refractivity contribution in [1.82, 2.24) is 25.0 Å². The molecular formula is C22H28N6O3S2. The third-order valence-corrected chi connectivity index (χ3v) is 7.62. The van der Waals surface area contributed by atoms with Crippen molar-refractivity contribution in [2.45, 2.75) is 56.6 Å². The first-order valence-corrected chi connectivity index (χ1v) is 12.8. The number of rotatable bonds is 9. The fourth-order valence-electron chi connectivity index (χ4n) is 3.95. The van der Waals surface area contributed by atoms with Crippen molar-refractivity contribution in [1.29, 1.82) is 0 Å². The van der Waals surface area contributed by atoms with E-state index in [2.05, 4.69) is 25.7 Å². The van der Waals surface area contributed by atoms with Crippen LogP contribution in [0.2, 0.25) is 0 Å². The van der Waals surface area contributed by atoms with Gasteiger partial charge < -0.3 is 14.0 Å². The van der Waals surface area contributed by atoms with E-state index in [9.17, 15) is 4.79 Å². The maximum absolute atomic E-state index is 12.5. The Kier molecular flexibility index (Phi) is 7.81. The molecule has 1 aliphatic carbocycles. The molecule has 3 aromatic rings. The lowest BCUT2D eigenvalue weighted by molar-refractivity contribution is -0.113. The van der Waals surface area contributed by atoms with Gasteiger partial charge in [0.2, 0.25) is 11.0 Å². The zero-order valence-electron chi connectivity index (χ0n) is 19.0. The summed E-state index contributed by atoms with van der Waals surface area (Å²) in [7, 11) is 3.20. The Morgan fingerprint density at radius 2 is 1.91 bits per heavy atom. The van der Waals surface area contributed by atoms with Crippen molar-refractivity contribution >= 4 is 34.1 Å². The van der Waals surface area contributed by atoms with Crippen molar-refractivity contribution in [3.05, 3.63) is 23.2 Å². The molecule has 33 heavy (non-hydrogen) atoms. The van der Waals surface area contributed by atoms with E-state index >= 15 is 0 Å². The number of amides is 1. The molecule has 1 N–H and O–H groups in total. The maximum atomic E-state index is 12.5. The molecule has 0 aliphatic heterocycles. The Labute approximate surface area is 201 Å². The van der Waals surface area contributed by atoms with Crippen LogP contribution in [0.1, 0.15) is 50.0 Å². The van der Waals surface area contributed by atoms with E-state index in [1.54, 1.807) is 14.2 Å². The Hall–Kier alpha value is -2.66. The van der Waals surface area contributed by atoms with Crippen LogP contribution in [0.5, 0.6) is 11.5 Å². The lowest BCUT2D eigenvalue weighted by Crippen LogP contribution is -2.14. The van der Waals surface area contributed by atoms with E-state index in [1.165, 1.54) is 42.4 Å². The summed E-state index contributed by atoms with van der Waals surface area (Å²) in [6.07, 6.45) is 6.10. The zero-order valence-corrected chi connectivity index (χ0v) is 20.7. The summed E-state index contributed by atoms with van der Waals surface area (Å²) in [5, 5.41) is 22.3. The summed E-state index contributed by atoms with van der Waals surface area (Å²) in [6.45, 7) is 2.69. The van der Waals surface area contributed by atoms with Crippen molar-refractivity contribution in [2.75, 3.05) is 25.3 Å². The molecule has 1 amide bonds. The van der Waals surface area contributed by atoms with Gasteiger partial charge in [-0.25, -0.2) is 0 Å². The predicted molar refractivity (Wildman–Crippen MR) is 129 cm³/mol. The van der Waals surface area contributed by atoms with Crippen LogP contribution in [0.4, 0.5) is 5.13 Å². The third kappa shape index (κ3) is 5.47. The Morgan fingerprint density at radius 1 is 1.12 bits per heavy atom. The molecule has 1 saturated carbocycles. The normalized spacial score (nSPS) is 14.3. The van der Waals surface area contributed by atoms with Gasteiger partial charge in [0, 0.05) is 18.0 Å². The molecule has 0 radical (unpaired) electrons. The number of nitrogens with zero attached hydrogens (tertiary/aromatic N) is 5. The molecule has 0 spiro atoms. The van der Waals surface area contributed by atoms with Crippen molar-refractivity contribution < 1.29 is 14.3 Å². The molecule has 9 nitrogen and oxygen atoms in total. The van der Waals surface area contributed by atoms with E-state index < -0.39 is 0 Å². The Bertz CT molecular complexity index is 1090. The molecule has 4 rings (SSSR count). The number of thioether (sulfide) groups is 1. The highest BCUT2D eigenvalue weighted by Gasteiger charge is 2.21. The standard InChI is InChI=1S/C22H28N6O3S2/c1-4-28-19(15-10-11-16(30-2)17(12-15)31-3)24-27-22(28)32-13-18(29)23-21-26-25-20(33-21)14-8-6-5-7-9-14/h10-12,14H,4-9,13H2,1-3H3,(H,23,26,29). The summed E-state index contributed by atoms with van der Waals surface area (Å²) in [6, 6.07) is 5.63. The van der Waals surface area contributed by atoms with E-state index in [4.69, 9.17) is 9.47 Å². The summed E-state index contributed by atoms with van der Waals surface area (Å²) < 4.78 is 12.7. The van der Waals surface area contributed by atoms with Crippen LogP contribution < -0.4 is 14.8 Å². The lowest BCUT2D eigenvalue weighted by atomic mass is 9.90. The van der Waals surface area contributed by atoms with Gasteiger partial charge in [-0.2, -0.15) is 0 Å². The third-order valence-electron chi connectivity index (χ3n) is 5.65. The number of benzene rings is 1. The van der Waals surface area contributed by atoms with Gasteiger partial charge in [-0.1, -0.05) is 42.4 Å². The molecular weight excluding hydrogens is 460 g/mol. The second-order valence-electron chi connectivity index (χ2n) is 7.74. The Balaban J connectivity index is 1.39. The maximum Gasteiger partial charge on any atom is 0.236 e. The number of hydrogen-bond acceptors (Lipinski definition) is 9. The summed E-state index contributed by atoms with van der Waals surface area (Å²) in [4.78, 5) is 12.5. The molecule has 1 aliphatic rings. The molecule has 11 heteroatoms. The van der Waals surface area contributed by atoms with Crippen molar-refractivity contribution in [3.63, 3.8) is 0 Å². The second-order valence-corrected chi connectivity index (χ2v) is 9.69. The predicted octanol–water partition coefficient (Wildman–Crippen LogP) is 4.61. The summed E-state index contributed by atoms with van der Waals surface area (Å²) >= 11 is 2.83. The fourth-order valence-corrected chi connectivity index (χ4v) is 5.69. The highest BCUT2D eigenvalue weighted by atomic mass is 32.2. The van der Waals surface area contributed by atoms with Gasteiger partial charge in [0.15, 0.2) is 22.5 Å². The van der Waals surface area contributed by atoms with Crippen LogP contribution in [0.25, 0.3) is 11.4 Å². The van der Waals surface area contributed by atoms with Gasteiger partial charge >= 0.3 is 0 Å². The van der Waals surface area contributed by atoms with Crippen molar-refractivity contribution in [3.8, 4) is 22.9 Å². The summed E-state index contributed by atoms with van der Waals surface area (Å²) in [5.74, 6) is 2.54. The van der Waals surface area contributed by atoms with E-state index in [1.807, 2.05) is 29.7 Å². The number of carbonyl (C=O) groups is 1. The minimum absolute atomic E-state index is 0.135. The van der Waals surface area contributed by atoms with Crippen LogP contribution in [0, 0.1) is 0 Å². The molecule has 1 aromatic carbocycles. The number of anilines is 1. The first-order valence-electron chi connectivity index (χ1n) is 11.0. The first kappa shape index (κ1) is 23.5. The number of aromatic nitrogens is 5. The molecule has 2 heterocycles. The van der Waals surface area contributed by atoms with Crippen molar-refractivity contribution in [2.24, 2.45) is 0 Å². The SMILES string of the molecule is CCn1c(SCC(=O)Nc2nnc(C3CCCCC3)s2)nnc1-c1ccc(OC)c(OC)c1. The average molecular weight is 489 g/mol. The highest BCUT2D eigenvalue weighted by molar-refractivity contribution is 7.99. The van der Waals surface area contributed by atoms with Gasteiger partial charge in [0.25, 0.3) is 0 Å². The first-order chi connectivity index (χ1) is 16.1. The van der Waals surface area contributed by atoms with Crippen LogP contribution in [-0.2, 0) is 11.3 Å². The van der Waals surface area contributed by atoms with E-state index in [0.29, 0.717) is 40.1 Å². The number of ether oxygens (including phenoxy) is 2. The highest BCUT2D eigenvalue weighted by Crippen LogP contribution is 2.35. The molecule has 0 unspecified atom stereocenters. The Morgan fingerprint density at radius 3 is 2.64 bits per heavy atom. The lowest BCUT2D eigenvalue weighted by Gasteiger charge is -2.18. The topological polar surface area (TPSA) is 104 Å². The van der Waals surface area contributed by atoms with Crippen LogP contribution in [0.15, 0.2) is 23.4 Å². The number of hydrogen-bond donors (Lipinski definition) is 1. The zero-order chi connectivity index (χ0) is 23.2. The second kappa shape index (κ2) is 11.0. The van der Waals surface area contributed by atoms with Crippen LogP contribution in [0.3, 0.4) is 0 Å². The minimum Gasteiger partial charge on any atom is -0.493 e. The minimum atomic E-state index is -0.135. The smallest absolute Gasteiger partial charge is 0.236 e. The molecule has 0 bridgehead atoms. The monoisotopic (exact) mass is 488 g/mol. The summed E-state index contributed by atoms with van der Waals surface area (Å²) in [5.41, 5.74) is 0.863. The molecule has 1 fully saturated rings. The largest absolute Gasteiger partial charge is 0.493 e. The quantitative estimate of drug-likeness (QED) is 0.436. The van der Waals surface area contributed by atoms with Gasteiger partial charge in [-0.15, -0.1) is 20.4 Å². The fraction of sp³-hybridized carbons (Fsp3) is 0.500. The van der Waals surface area contributed by atoms with E-state index in [0.717, 1.165) is 23.4 Å². The molecule has 2 aromatic heterocycles. The average Bonchev–Trinajstić information content (AvgIpc) is 3.49. The molecule has 176 valence electrons. The molecule has 0 saturated heterocycles. The van der Waals surface area contributed by atoms with Crippen LogP contribution in [-0.4, -0.2) is 50.8 Å². The van der Waals surface area contributed by atoms with Crippen LogP contribution >= 0.6 is 23.1 Å². The number of nitrogens with one attached hydrogen (secondary N) is 1. The van der Waals surface area contributed by atoms with Gasteiger partial charge in [-0.05, 0) is 38.0 Å². The van der Waals surface area contributed by atoms with Gasteiger partial charge in [0.05, 0.1) is 20.0 Å². The number of carbonyl (C=O) groups excluding carboxylic acids is 1. The number of methoxy groups -OCH3 is 2. The van der Waals surface area contributed by atoms with Gasteiger partial charge in [0.1, 0.15) is 5.01 Å². The molecule has 0 atom stereocenters. The van der Waals surface area contributed by atoms with E-state index in [-0.39, 0.29) is 11.7 Å². The van der Waals surface area contributed by atoms with Gasteiger partial charge in [-0.3, -0.25) is 10.1 Å².